The predicted octanol–water partition coefficient (Wildman–Crippen LogP) is 3.39. The van der Waals surface area contributed by atoms with Gasteiger partial charge in [-0.05, 0) is 78.0 Å². The van der Waals surface area contributed by atoms with E-state index in [2.05, 4.69) is 36.5 Å². The predicted molar refractivity (Wildman–Crippen MR) is 164 cm³/mol. The second-order valence-electron chi connectivity index (χ2n) is 13.5. The fourth-order valence-corrected chi connectivity index (χ4v) is 8.29. The molecular formula is C31H45N7O8. The number of benzene rings is 1. The molecule has 3 heterocycles. The second-order valence-corrected chi connectivity index (χ2v) is 13.5. The number of hydrogen-bond acceptors (Lipinski definition) is 14. The number of hydrogen-bond donors (Lipinski definition) is 3. The van der Waals surface area contributed by atoms with Crippen molar-refractivity contribution in [2.45, 2.75) is 69.4 Å². The summed E-state index contributed by atoms with van der Waals surface area (Å²) in [6, 6.07) is 3.31. The molecule has 1 unspecified atom stereocenters. The molecule has 1 atom stereocenters. The first-order valence-corrected chi connectivity index (χ1v) is 16.9. The van der Waals surface area contributed by atoms with E-state index in [1.165, 1.54) is 6.42 Å². The fraction of sp³-hybridized carbons (Fsp3) is 0.774. The van der Waals surface area contributed by atoms with Gasteiger partial charge in [-0.3, -0.25) is 9.69 Å². The molecule has 2 aromatic rings. The van der Waals surface area contributed by atoms with Gasteiger partial charge in [0.05, 0.1) is 25.5 Å². The molecule has 1 aromatic heterocycles. The Morgan fingerprint density at radius 3 is 2.54 bits per heavy atom. The molecular weight excluding hydrogens is 598 g/mol. The van der Waals surface area contributed by atoms with Gasteiger partial charge in [-0.15, -0.1) is 4.91 Å². The van der Waals surface area contributed by atoms with Crippen LogP contribution in [0, 0.1) is 28.6 Å². The van der Waals surface area contributed by atoms with Crippen molar-refractivity contribution in [3.63, 3.8) is 0 Å². The lowest BCUT2D eigenvalue weighted by Gasteiger charge is -2.57. The summed E-state index contributed by atoms with van der Waals surface area (Å²) in [6.07, 6.45) is 7.68. The van der Waals surface area contributed by atoms with Crippen LogP contribution in [0.25, 0.3) is 11.0 Å². The van der Waals surface area contributed by atoms with Gasteiger partial charge in [-0.2, -0.15) is 9.78 Å². The van der Waals surface area contributed by atoms with Crippen molar-refractivity contribution in [1.29, 1.82) is 0 Å². The van der Waals surface area contributed by atoms with Crippen molar-refractivity contribution < 1.29 is 33.5 Å². The summed E-state index contributed by atoms with van der Waals surface area (Å²) in [6.45, 7) is 6.24. The quantitative estimate of drug-likeness (QED) is 0.105. The van der Waals surface area contributed by atoms with Crippen LogP contribution in [0.15, 0.2) is 21.9 Å². The smallest absolute Gasteiger partial charge is 0.220 e. The summed E-state index contributed by atoms with van der Waals surface area (Å²) >= 11 is 0. The second kappa shape index (κ2) is 14.1. The third-order valence-corrected chi connectivity index (χ3v) is 10.5. The molecule has 252 valence electrons. The molecule has 15 heteroatoms. The molecule has 6 fully saturated rings. The highest BCUT2D eigenvalue weighted by molar-refractivity contribution is 5.94. The minimum absolute atomic E-state index is 0.0202. The van der Waals surface area contributed by atoms with E-state index >= 15 is 0 Å². The first-order chi connectivity index (χ1) is 22.6. The maximum Gasteiger partial charge on any atom is 0.220 e. The zero-order chi connectivity index (χ0) is 31.4. The number of carbonyl (C=O) groups is 1. The van der Waals surface area contributed by atoms with Gasteiger partial charge in [0.25, 0.3) is 0 Å². The largest absolute Gasteiger partial charge is 0.383 e. The number of amides is 1. The van der Waals surface area contributed by atoms with Crippen LogP contribution < -0.4 is 16.1 Å². The van der Waals surface area contributed by atoms with Crippen LogP contribution in [-0.2, 0) is 28.9 Å². The van der Waals surface area contributed by atoms with Crippen LogP contribution in [0.4, 0.5) is 11.4 Å². The number of ether oxygens (including phenoxy) is 2. The zero-order valence-corrected chi connectivity index (χ0v) is 26.2. The molecule has 8 rings (SSSR count). The Labute approximate surface area is 267 Å². The number of aromatic nitrogens is 2. The highest BCUT2D eigenvalue weighted by Crippen LogP contribution is 2.63. The number of nitroso groups, excluding NO2 is 1. The van der Waals surface area contributed by atoms with Crippen molar-refractivity contribution >= 4 is 28.3 Å². The highest BCUT2D eigenvalue weighted by atomic mass is 17.3. The number of nitrogens with zero attached hydrogens (tertiary/aromatic N) is 4. The maximum atomic E-state index is 12.9. The van der Waals surface area contributed by atoms with Crippen LogP contribution in [0.5, 0.6) is 0 Å². The molecule has 1 aromatic carbocycles. The Hall–Kier alpha value is -2.79. The SMILES string of the molecule is O=Nc1ccc(NCCCNOCCC2(CCC(=O)NCCN3CCOCC3)OOC3(O2)C2CC4CC(C2)CC3C4)c2nonc12. The average Bonchev–Trinajstić information content (AvgIpc) is 3.72. The summed E-state index contributed by atoms with van der Waals surface area (Å²) < 4.78 is 17.1. The highest BCUT2D eigenvalue weighted by Gasteiger charge is 2.66. The number of rotatable bonds is 16. The molecule has 2 saturated heterocycles. The molecule has 4 bridgehead atoms. The van der Waals surface area contributed by atoms with E-state index in [1.54, 1.807) is 12.1 Å². The van der Waals surface area contributed by atoms with Crippen molar-refractivity contribution in [2.75, 3.05) is 64.4 Å². The molecule has 6 aliphatic rings. The van der Waals surface area contributed by atoms with Gasteiger partial charge in [-0.25, -0.2) is 10.1 Å². The topological polar surface area (TPSA) is 171 Å². The number of anilines is 1. The molecule has 4 aliphatic carbocycles. The van der Waals surface area contributed by atoms with Crippen molar-refractivity contribution in [1.82, 2.24) is 26.0 Å². The molecule has 4 saturated carbocycles. The normalized spacial score (nSPS) is 32.0. The van der Waals surface area contributed by atoms with Crippen LogP contribution in [0.3, 0.4) is 0 Å². The Bertz CT molecular complexity index is 1330. The van der Waals surface area contributed by atoms with Gasteiger partial charge in [0.2, 0.25) is 17.5 Å². The minimum Gasteiger partial charge on any atom is -0.383 e. The molecule has 15 nitrogen and oxygen atoms in total. The molecule has 46 heavy (non-hydrogen) atoms. The summed E-state index contributed by atoms with van der Waals surface area (Å²) in [5, 5.41) is 16.9. The summed E-state index contributed by atoms with van der Waals surface area (Å²) in [4.78, 5) is 44.3. The van der Waals surface area contributed by atoms with E-state index in [9.17, 15) is 9.70 Å². The lowest BCUT2D eigenvalue weighted by atomic mass is 9.53. The van der Waals surface area contributed by atoms with Gasteiger partial charge in [0, 0.05) is 70.4 Å². The standard InChI is InChI=1S/C31H45N7O8/c39-27(33-9-10-38-11-14-41-15-12-38)4-5-30(43-31(45-44-30)23-17-21-16-22(19-23)20-24(31)18-21)6-13-42-34-8-1-7-32-25-2-3-26(35-40)29-28(25)36-46-37-29/h2-3,21-24,32,34H,1,4-20H2,(H,33,39). The van der Waals surface area contributed by atoms with Crippen molar-refractivity contribution in [3.8, 4) is 0 Å². The maximum absolute atomic E-state index is 12.9. The number of morpholine rings is 1. The number of carbonyl (C=O) groups excluding carboxylic acids is 1. The van der Waals surface area contributed by atoms with Crippen LogP contribution in [0.1, 0.15) is 57.8 Å². The van der Waals surface area contributed by atoms with Gasteiger partial charge in [0.1, 0.15) is 5.69 Å². The molecule has 3 N–H and O–H groups in total. The third kappa shape index (κ3) is 6.77. The molecule has 2 aliphatic heterocycles. The summed E-state index contributed by atoms with van der Waals surface area (Å²) in [5.74, 6) is 0.415. The van der Waals surface area contributed by atoms with Crippen LogP contribution in [-0.4, -0.2) is 91.8 Å². The number of nitrogens with one attached hydrogen (secondary N) is 3. The van der Waals surface area contributed by atoms with Crippen molar-refractivity contribution in [3.05, 3.63) is 17.0 Å². The average molecular weight is 644 g/mol. The Balaban J connectivity index is 0.880. The zero-order valence-electron chi connectivity index (χ0n) is 26.2. The lowest BCUT2D eigenvalue weighted by molar-refractivity contribution is -0.389. The monoisotopic (exact) mass is 643 g/mol. The minimum atomic E-state index is -1.04. The summed E-state index contributed by atoms with van der Waals surface area (Å²) in [7, 11) is 0. The van der Waals surface area contributed by atoms with Gasteiger partial charge in [0.15, 0.2) is 11.0 Å². The Kier molecular flexibility index (Phi) is 9.77. The third-order valence-electron chi connectivity index (χ3n) is 10.5. The number of fused-ring (bicyclic) bond motifs is 1. The first kappa shape index (κ1) is 31.8. The Morgan fingerprint density at radius 2 is 1.76 bits per heavy atom. The van der Waals surface area contributed by atoms with Crippen molar-refractivity contribution in [2.24, 2.45) is 28.8 Å². The Morgan fingerprint density at radius 1 is 0.978 bits per heavy atom. The van der Waals surface area contributed by atoms with E-state index in [0.717, 1.165) is 76.8 Å². The fourth-order valence-electron chi connectivity index (χ4n) is 8.29. The molecule has 1 spiro atoms. The van der Waals surface area contributed by atoms with Crippen LogP contribution in [0.2, 0.25) is 0 Å². The summed E-state index contributed by atoms with van der Waals surface area (Å²) in [5.41, 5.74) is 4.72. The van der Waals surface area contributed by atoms with Gasteiger partial charge < -0.3 is 24.9 Å². The van der Waals surface area contributed by atoms with E-state index in [1.807, 2.05) is 0 Å². The van der Waals surface area contributed by atoms with E-state index in [-0.39, 0.29) is 18.0 Å². The first-order valence-electron chi connectivity index (χ1n) is 16.9. The van der Waals surface area contributed by atoms with Gasteiger partial charge >= 0.3 is 0 Å². The molecule has 1 amide bonds. The van der Waals surface area contributed by atoms with Crippen LogP contribution >= 0.6 is 0 Å². The molecule has 0 radical (unpaired) electrons. The lowest BCUT2D eigenvalue weighted by Crippen LogP contribution is -2.59. The van der Waals surface area contributed by atoms with E-state index in [0.29, 0.717) is 67.6 Å². The van der Waals surface area contributed by atoms with Gasteiger partial charge in [-0.1, -0.05) is 0 Å². The number of hydroxylamine groups is 1. The van der Waals surface area contributed by atoms with E-state index < -0.39 is 11.6 Å². The van der Waals surface area contributed by atoms with E-state index in [4.69, 9.17) is 28.7 Å².